The van der Waals surface area contributed by atoms with Gasteiger partial charge in [-0.2, -0.15) is 65.9 Å². The molecule has 0 saturated carbocycles. The van der Waals surface area contributed by atoms with Crippen LogP contribution >= 0.6 is 24.8 Å². The van der Waals surface area contributed by atoms with Crippen molar-refractivity contribution in [3.8, 4) is 0 Å². The number of hydrogen-bond acceptors (Lipinski definition) is 0. The quantitative estimate of drug-likeness (QED) is 0.416. The van der Waals surface area contributed by atoms with Crippen molar-refractivity contribution in [1.29, 1.82) is 0 Å². The summed E-state index contributed by atoms with van der Waals surface area (Å²) in [5.74, 6) is 2.83. The molecule has 0 atom stereocenters. The molecule has 1 aromatic heterocycles. The fourth-order valence-corrected chi connectivity index (χ4v) is 0.581. The molecule has 0 saturated heterocycles. The summed E-state index contributed by atoms with van der Waals surface area (Å²) >= 11 is 0. The second-order valence-corrected chi connectivity index (χ2v) is 4.82. The standard InChI is InChI=1S/C5H5.C4H4N.2C4H9.2ClH.Ti/c2*1-2-4-5-3-1;2*1-4(2)3;;;/h1-3H,4H2;1-3,5H;2*1-3H3;2*1H;/q4*-1;;;+4. The molecule has 0 unspecified atom stereocenters. The van der Waals surface area contributed by atoms with Crippen LogP contribution in [0.1, 0.15) is 48.0 Å². The molecule has 120 valence electrons. The second kappa shape index (κ2) is 28.2. The Bertz CT molecular complexity index is 242. The van der Waals surface area contributed by atoms with E-state index in [0.29, 0.717) is 0 Å². The van der Waals surface area contributed by atoms with Gasteiger partial charge in [-0.05, 0) is 0 Å². The van der Waals surface area contributed by atoms with Crippen molar-refractivity contribution in [2.45, 2.75) is 48.0 Å². The number of hydrogen-bond donors (Lipinski definition) is 1. The molecule has 0 bridgehead atoms. The van der Waals surface area contributed by atoms with E-state index in [0.717, 1.165) is 6.42 Å². The van der Waals surface area contributed by atoms with Gasteiger partial charge in [0.2, 0.25) is 0 Å². The molecule has 1 nitrogen and oxygen atoms in total. The maximum Gasteiger partial charge on any atom is 4.00 e. The van der Waals surface area contributed by atoms with Crippen molar-refractivity contribution in [1.82, 2.24) is 4.98 Å². The number of H-pyrrole nitrogens is 1. The Hall–Kier alpha value is 0.0543. The maximum atomic E-state index is 2.99. The monoisotopic (exact) mass is 365 g/mol. The van der Waals surface area contributed by atoms with Crippen molar-refractivity contribution in [2.75, 3.05) is 0 Å². The van der Waals surface area contributed by atoms with Gasteiger partial charge in [0.05, 0.1) is 0 Å². The van der Waals surface area contributed by atoms with Gasteiger partial charge in [0, 0.05) is 0 Å². The van der Waals surface area contributed by atoms with E-state index < -0.39 is 0 Å². The van der Waals surface area contributed by atoms with Crippen LogP contribution in [-0.2, 0) is 21.7 Å². The van der Waals surface area contributed by atoms with Crippen LogP contribution in [0.2, 0.25) is 0 Å². The third-order valence-corrected chi connectivity index (χ3v) is 1.03. The minimum Gasteiger partial charge on any atom is -0.484 e. The summed E-state index contributed by atoms with van der Waals surface area (Å²) in [5.41, 5.74) is 0. The van der Waals surface area contributed by atoms with Crippen LogP contribution in [0.25, 0.3) is 0 Å². The number of aromatic nitrogens is 1. The van der Waals surface area contributed by atoms with Crippen molar-refractivity contribution >= 4 is 24.8 Å². The van der Waals surface area contributed by atoms with Crippen LogP contribution in [0.15, 0.2) is 36.6 Å². The van der Waals surface area contributed by atoms with Crippen molar-refractivity contribution in [3.05, 3.63) is 60.7 Å². The molecule has 1 aromatic rings. The molecule has 0 radical (unpaired) electrons. The average molecular weight is 366 g/mol. The van der Waals surface area contributed by atoms with Gasteiger partial charge < -0.3 is 16.8 Å². The van der Waals surface area contributed by atoms with Crippen molar-refractivity contribution < 1.29 is 21.7 Å². The Kier molecular flexibility index (Phi) is 44.2. The van der Waals surface area contributed by atoms with E-state index in [4.69, 9.17) is 0 Å². The van der Waals surface area contributed by atoms with Gasteiger partial charge in [-0.3, -0.25) is 6.08 Å². The molecule has 0 fully saturated rings. The number of halogens is 2. The molecule has 21 heavy (non-hydrogen) atoms. The van der Waals surface area contributed by atoms with Gasteiger partial charge in [0.25, 0.3) is 0 Å². The normalized spacial score (nSPS) is 9.52. The summed E-state index contributed by atoms with van der Waals surface area (Å²) in [6.45, 7) is 12.5. The fraction of sp³-hybridized carbons (Fsp3) is 0.412. The topological polar surface area (TPSA) is 15.8 Å². The Balaban J connectivity index is -0.0000000522. The second-order valence-electron chi connectivity index (χ2n) is 4.82. The number of nitrogens with one attached hydrogen (secondary N) is 1. The largest absolute Gasteiger partial charge is 4.00 e. The molecule has 1 heterocycles. The SMILES string of the molecule is C[C-](C)C.C[C-](C)C.Cl.Cl.[C-]1=CC=CC1.[Ti+4].[c-]1ccc[nH]1. The molecular formula is C17H29Cl2NTi. The van der Waals surface area contributed by atoms with Gasteiger partial charge in [-0.1, -0.05) is 0 Å². The minimum absolute atomic E-state index is 0. The van der Waals surface area contributed by atoms with Gasteiger partial charge in [0.1, 0.15) is 0 Å². The fourth-order valence-electron chi connectivity index (χ4n) is 0.581. The van der Waals surface area contributed by atoms with Gasteiger partial charge in [-0.15, -0.1) is 37.4 Å². The van der Waals surface area contributed by atoms with E-state index in [-0.39, 0.29) is 46.5 Å². The zero-order valence-corrected chi connectivity index (χ0v) is 17.2. The molecule has 0 aliphatic heterocycles. The zero-order chi connectivity index (χ0) is 14.2. The first kappa shape index (κ1) is 32.9. The predicted octanol–water partition coefficient (Wildman–Crippen LogP) is 6.20. The van der Waals surface area contributed by atoms with Gasteiger partial charge in [0.15, 0.2) is 0 Å². The van der Waals surface area contributed by atoms with Crippen LogP contribution in [0.3, 0.4) is 0 Å². The Labute approximate surface area is 159 Å². The molecule has 1 aliphatic carbocycles. The number of allylic oxidation sites excluding steroid dienone is 4. The van der Waals surface area contributed by atoms with Gasteiger partial charge in [-0.25, -0.2) is 12.2 Å². The molecule has 1 aliphatic rings. The maximum absolute atomic E-state index is 2.99. The van der Waals surface area contributed by atoms with Crippen LogP contribution in [0.5, 0.6) is 0 Å². The summed E-state index contributed by atoms with van der Waals surface area (Å²) in [7, 11) is 0. The summed E-state index contributed by atoms with van der Waals surface area (Å²) in [5, 5.41) is 0. The molecule has 0 spiro atoms. The minimum atomic E-state index is 0. The summed E-state index contributed by atoms with van der Waals surface area (Å²) in [6.07, 6.45) is 14.6. The first-order chi connectivity index (χ1) is 8.46. The van der Waals surface area contributed by atoms with E-state index in [1.165, 1.54) is 11.8 Å². The summed E-state index contributed by atoms with van der Waals surface area (Å²) < 4.78 is 0. The molecule has 0 aromatic carbocycles. The number of rotatable bonds is 0. The molecular weight excluding hydrogens is 337 g/mol. The first-order valence-corrected chi connectivity index (χ1v) is 6.21. The van der Waals surface area contributed by atoms with Crippen LogP contribution in [0.4, 0.5) is 0 Å². The van der Waals surface area contributed by atoms with E-state index >= 15 is 0 Å². The molecule has 0 amide bonds. The van der Waals surface area contributed by atoms with Crippen LogP contribution < -0.4 is 0 Å². The number of aromatic amines is 1. The summed E-state index contributed by atoms with van der Waals surface area (Å²) in [6, 6.07) is 3.71. The van der Waals surface area contributed by atoms with E-state index in [9.17, 15) is 0 Å². The van der Waals surface area contributed by atoms with E-state index in [1.807, 2.05) is 30.5 Å². The Morgan fingerprint density at radius 2 is 1.43 bits per heavy atom. The smallest absolute Gasteiger partial charge is 0.484 e. The molecule has 2 rings (SSSR count). The van der Waals surface area contributed by atoms with Crippen molar-refractivity contribution in [2.24, 2.45) is 0 Å². The zero-order valence-electron chi connectivity index (χ0n) is 14.0. The first-order valence-electron chi connectivity index (χ1n) is 6.21. The third kappa shape index (κ3) is 64.7. The van der Waals surface area contributed by atoms with Crippen molar-refractivity contribution in [3.63, 3.8) is 0 Å². The summed E-state index contributed by atoms with van der Waals surface area (Å²) in [4.78, 5) is 2.74. The molecule has 4 heteroatoms. The van der Waals surface area contributed by atoms with E-state index in [2.05, 4.69) is 64.9 Å². The third-order valence-electron chi connectivity index (χ3n) is 1.03. The average Bonchev–Trinajstić information content (AvgIpc) is 2.96. The Morgan fingerprint density at radius 1 is 0.952 bits per heavy atom. The van der Waals surface area contributed by atoms with Crippen LogP contribution in [-0.4, -0.2) is 4.98 Å². The van der Waals surface area contributed by atoms with Gasteiger partial charge >= 0.3 is 21.7 Å². The van der Waals surface area contributed by atoms with Crippen LogP contribution in [0, 0.1) is 24.1 Å². The van der Waals surface area contributed by atoms with E-state index in [1.54, 1.807) is 0 Å². The predicted molar refractivity (Wildman–Crippen MR) is 96.2 cm³/mol. The Morgan fingerprint density at radius 3 is 1.52 bits per heavy atom. The molecule has 1 N–H and O–H groups in total.